The van der Waals surface area contributed by atoms with Gasteiger partial charge in [0.15, 0.2) is 0 Å². The number of halogens is 1. The highest BCUT2D eigenvalue weighted by Gasteiger charge is 2.26. The summed E-state index contributed by atoms with van der Waals surface area (Å²) >= 11 is 6.11. The first-order valence-corrected chi connectivity index (χ1v) is 8.33. The number of aromatic nitrogens is 4. The van der Waals surface area contributed by atoms with Crippen LogP contribution in [0.2, 0.25) is 5.02 Å². The average molecular weight is 372 g/mol. The Hall–Kier alpha value is -3.20. The molecule has 132 valence electrons. The van der Waals surface area contributed by atoms with E-state index < -0.39 is 4.92 Å². The Morgan fingerprint density at radius 1 is 1.27 bits per heavy atom. The number of rotatable bonds is 6. The van der Waals surface area contributed by atoms with E-state index in [2.05, 4.69) is 30.8 Å². The molecule has 1 fully saturated rings. The summed E-state index contributed by atoms with van der Waals surface area (Å²) in [5.41, 5.74) is 1.31. The summed E-state index contributed by atoms with van der Waals surface area (Å²) in [6.45, 7) is 0. The lowest BCUT2D eigenvalue weighted by molar-refractivity contribution is -0.384. The van der Waals surface area contributed by atoms with Crippen LogP contribution in [0.25, 0.3) is 0 Å². The van der Waals surface area contributed by atoms with Crippen molar-refractivity contribution in [2.45, 2.75) is 18.8 Å². The summed E-state index contributed by atoms with van der Waals surface area (Å²) in [6.07, 6.45) is 3.38. The zero-order valence-corrected chi connectivity index (χ0v) is 14.2. The Kier molecular flexibility index (Phi) is 4.13. The highest BCUT2D eigenvalue weighted by Crippen LogP contribution is 2.40. The van der Waals surface area contributed by atoms with Gasteiger partial charge < -0.3 is 10.6 Å². The molecule has 0 amide bonds. The van der Waals surface area contributed by atoms with Gasteiger partial charge in [-0.3, -0.25) is 15.2 Å². The number of nitrogens with zero attached hydrogens (tertiary/aromatic N) is 4. The lowest BCUT2D eigenvalue weighted by atomic mass is 10.3. The Bertz CT molecular complexity index is 971. The Morgan fingerprint density at radius 2 is 2.08 bits per heavy atom. The standard InChI is InChI=1S/C16H14ClN7O2/c17-10-3-1-2-4-11(10)19-16-18-8-13(24(25)26)15(21-16)20-14-7-12(22-23-14)9-5-6-9/h1-4,7-9H,5-6H2,(H3,18,19,20,21,22,23). The van der Waals surface area contributed by atoms with E-state index in [4.69, 9.17) is 11.6 Å². The lowest BCUT2D eigenvalue weighted by Crippen LogP contribution is -2.05. The van der Waals surface area contributed by atoms with Gasteiger partial charge in [-0.25, -0.2) is 4.98 Å². The molecular formula is C16H14ClN7O2. The van der Waals surface area contributed by atoms with Crippen LogP contribution in [0.4, 0.5) is 29.0 Å². The smallest absolute Gasteiger partial charge is 0.323 e. The van der Waals surface area contributed by atoms with E-state index in [1.54, 1.807) is 18.2 Å². The first-order chi connectivity index (χ1) is 12.6. The third-order valence-electron chi connectivity index (χ3n) is 3.93. The Balaban J connectivity index is 1.62. The van der Waals surface area contributed by atoms with Crippen molar-refractivity contribution < 1.29 is 4.92 Å². The second-order valence-electron chi connectivity index (χ2n) is 5.90. The summed E-state index contributed by atoms with van der Waals surface area (Å²) in [5.74, 6) is 1.26. The monoisotopic (exact) mass is 371 g/mol. The van der Waals surface area contributed by atoms with Gasteiger partial charge in [0.1, 0.15) is 12.0 Å². The number of aromatic amines is 1. The first kappa shape index (κ1) is 16.3. The van der Waals surface area contributed by atoms with Gasteiger partial charge in [-0.05, 0) is 25.0 Å². The van der Waals surface area contributed by atoms with Crippen molar-refractivity contribution >= 4 is 40.6 Å². The quantitative estimate of drug-likeness (QED) is 0.440. The molecule has 0 spiro atoms. The van der Waals surface area contributed by atoms with Gasteiger partial charge in [-0.15, -0.1) is 0 Å². The highest BCUT2D eigenvalue weighted by atomic mass is 35.5. The van der Waals surface area contributed by atoms with Gasteiger partial charge in [0.05, 0.1) is 21.3 Å². The predicted molar refractivity (Wildman–Crippen MR) is 97.3 cm³/mol. The molecule has 1 saturated carbocycles. The van der Waals surface area contributed by atoms with Gasteiger partial charge in [0.25, 0.3) is 0 Å². The maximum atomic E-state index is 11.3. The average Bonchev–Trinajstić information content (AvgIpc) is 3.37. The van der Waals surface area contributed by atoms with Gasteiger partial charge >= 0.3 is 5.69 Å². The van der Waals surface area contributed by atoms with Crippen molar-refractivity contribution in [1.82, 2.24) is 20.2 Å². The van der Waals surface area contributed by atoms with Crippen molar-refractivity contribution in [1.29, 1.82) is 0 Å². The van der Waals surface area contributed by atoms with Crippen LogP contribution in [0.5, 0.6) is 0 Å². The molecule has 0 aliphatic heterocycles. The molecule has 9 nitrogen and oxygen atoms in total. The first-order valence-electron chi connectivity index (χ1n) is 7.95. The zero-order chi connectivity index (χ0) is 18.1. The third-order valence-corrected chi connectivity index (χ3v) is 4.26. The van der Waals surface area contributed by atoms with Gasteiger partial charge in [-0.2, -0.15) is 10.1 Å². The molecular weight excluding hydrogens is 358 g/mol. The number of H-pyrrole nitrogens is 1. The van der Waals surface area contributed by atoms with Crippen molar-refractivity contribution in [3.63, 3.8) is 0 Å². The molecule has 0 bridgehead atoms. The number of benzene rings is 1. The van der Waals surface area contributed by atoms with Crippen LogP contribution in [0.15, 0.2) is 36.5 Å². The number of nitrogens with one attached hydrogen (secondary N) is 3. The molecule has 3 N–H and O–H groups in total. The summed E-state index contributed by atoms with van der Waals surface area (Å²) in [7, 11) is 0. The molecule has 2 aromatic heterocycles. The number of para-hydroxylation sites is 1. The number of hydrogen-bond donors (Lipinski definition) is 3. The van der Waals surface area contributed by atoms with Gasteiger partial charge in [0.2, 0.25) is 11.8 Å². The second kappa shape index (κ2) is 6.60. The van der Waals surface area contributed by atoms with Crippen molar-refractivity contribution in [2.24, 2.45) is 0 Å². The second-order valence-corrected chi connectivity index (χ2v) is 6.30. The SMILES string of the molecule is O=[N+]([O-])c1cnc(Nc2ccccc2Cl)nc1Nc1cc(C2CC2)n[nH]1. The highest BCUT2D eigenvalue weighted by molar-refractivity contribution is 6.33. The van der Waals surface area contributed by atoms with E-state index in [0.29, 0.717) is 22.4 Å². The van der Waals surface area contributed by atoms with E-state index in [1.165, 1.54) is 0 Å². The van der Waals surface area contributed by atoms with Crippen molar-refractivity contribution in [3.8, 4) is 0 Å². The minimum atomic E-state index is -0.542. The topological polar surface area (TPSA) is 122 Å². The Morgan fingerprint density at radius 3 is 2.81 bits per heavy atom. The normalized spacial score (nSPS) is 13.4. The molecule has 0 atom stereocenters. The molecule has 1 aliphatic carbocycles. The van der Waals surface area contributed by atoms with Crippen LogP contribution >= 0.6 is 11.6 Å². The molecule has 4 rings (SSSR count). The van der Waals surface area contributed by atoms with Gasteiger partial charge in [0, 0.05) is 12.0 Å². The van der Waals surface area contributed by atoms with Crippen molar-refractivity contribution in [2.75, 3.05) is 10.6 Å². The molecule has 2 heterocycles. The fourth-order valence-electron chi connectivity index (χ4n) is 2.46. The largest absolute Gasteiger partial charge is 0.330 e. The van der Waals surface area contributed by atoms with E-state index in [9.17, 15) is 10.1 Å². The number of anilines is 4. The third kappa shape index (κ3) is 3.42. The molecule has 3 aromatic rings. The molecule has 10 heteroatoms. The number of hydrogen-bond acceptors (Lipinski definition) is 7. The fourth-order valence-corrected chi connectivity index (χ4v) is 2.64. The van der Waals surface area contributed by atoms with Crippen LogP contribution in [0.1, 0.15) is 24.5 Å². The van der Waals surface area contributed by atoms with E-state index >= 15 is 0 Å². The van der Waals surface area contributed by atoms with Crippen LogP contribution < -0.4 is 10.6 Å². The maximum absolute atomic E-state index is 11.3. The summed E-state index contributed by atoms with van der Waals surface area (Å²) < 4.78 is 0. The van der Waals surface area contributed by atoms with Gasteiger partial charge in [-0.1, -0.05) is 23.7 Å². The van der Waals surface area contributed by atoms with Crippen LogP contribution in [0.3, 0.4) is 0 Å². The van der Waals surface area contributed by atoms with Crippen LogP contribution in [0, 0.1) is 10.1 Å². The van der Waals surface area contributed by atoms with E-state index in [0.717, 1.165) is 24.7 Å². The van der Waals surface area contributed by atoms with Crippen LogP contribution in [-0.4, -0.2) is 25.1 Å². The molecule has 0 unspecified atom stereocenters. The molecule has 0 saturated heterocycles. The van der Waals surface area contributed by atoms with Crippen LogP contribution in [-0.2, 0) is 0 Å². The molecule has 0 radical (unpaired) electrons. The summed E-state index contributed by atoms with van der Waals surface area (Å²) in [6, 6.07) is 8.93. The fraction of sp³-hybridized carbons (Fsp3) is 0.188. The molecule has 1 aromatic carbocycles. The minimum Gasteiger partial charge on any atom is -0.323 e. The summed E-state index contributed by atoms with van der Waals surface area (Å²) in [5, 5.41) is 24.7. The van der Waals surface area contributed by atoms with Crippen molar-refractivity contribution in [3.05, 3.63) is 57.4 Å². The predicted octanol–water partition coefficient (Wildman–Crippen LogP) is 4.13. The molecule has 1 aliphatic rings. The summed E-state index contributed by atoms with van der Waals surface area (Å²) in [4.78, 5) is 18.9. The number of nitro groups is 1. The molecule has 26 heavy (non-hydrogen) atoms. The minimum absolute atomic E-state index is 0.0607. The van der Waals surface area contributed by atoms with E-state index in [1.807, 2.05) is 12.1 Å². The zero-order valence-electron chi connectivity index (χ0n) is 13.4. The Labute approximate surface area is 153 Å². The van der Waals surface area contributed by atoms with E-state index in [-0.39, 0.29) is 17.5 Å². The lowest BCUT2D eigenvalue weighted by Gasteiger charge is -2.09. The maximum Gasteiger partial charge on any atom is 0.330 e.